The van der Waals surface area contributed by atoms with Gasteiger partial charge in [-0.15, -0.1) is 0 Å². The second kappa shape index (κ2) is 5.50. The number of rotatable bonds is 0. The summed E-state index contributed by atoms with van der Waals surface area (Å²) >= 11 is 0. The van der Waals surface area contributed by atoms with Crippen LogP contribution in [0.1, 0.15) is 5.56 Å². The summed E-state index contributed by atoms with van der Waals surface area (Å²) in [5, 5.41) is 99.7. The molecule has 0 aliphatic rings. The number of aromatic hydroxyl groups is 10. The lowest BCUT2D eigenvalue weighted by molar-refractivity contribution is 0.349. The second-order valence-corrected chi connectivity index (χ2v) is 6.77. The average molecular weight is 417 g/mol. The summed E-state index contributed by atoms with van der Waals surface area (Å²) in [6.07, 6.45) is 0. The first-order valence-corrected chi connectivity index (χ1v) is 8.27. The zero-order valence-electron chi connectivity index (χ0n) is 15.0. The second-order valence-electron chi connectivity index (χ2n) is 6.77. The lowest BCUT2D eigenvalue weighted by atomic mass is 9.88. The molecule has 4 aromatic rings. The molecule has 0 saturated carbocycles. The molecule has 0 aromatic heterocycles. The van der Waals surface area contributed by atoms with E-state index in [1.165, 1.54) is 6.92 Å². The first kappa shape index (κ1) is 18.8. The molecule has 0 bridgehead atoms. The summed E-state index contributed by atoms with van der Waals surface area (Å²) < 4.78 is 0. The van der Waals surface area contributed by atoms with Crippen LogP contribution in [-0.2, 0) is 0 Å². The van der Waals surface area contributed by atoms with E-state index in [0.29, 0.717) is 0 Å². The van der Waals surface area contributed by atoms with Crippen LogP contribution >= 0.6 is 0 Å². The molecule has 4 rings (SSSR count). The topological polar surface area (TPSA) is 228 Å². The van der Waals surface area contributed by atoms with Crippen molar-refractivity contribution in [3.63, 3.8) is 0 Å². The van der Waals surface area contributed by atoms with Crippen LogP contribution in [0, 0.1) is 6.92 Å². The highest BCUT2D eigenvalue weighted by Gasteiger charge is 2.31. The summed E-state index contributed by atoms with van der Waals surface area (Å²) in [6, 6.07) is 0. The van der Waals surface area contributed by atoms with Crippen LogP contribution in [0.15, 0.2) is 0 Å². The number of hydrogen-bond donors (Lipinski definition) is 11. The van der Waals surface area contributed by atoms with Crippen molar-refractivity contribution in [2.75, 3.05) is 5.73 Å². The Morgan fingerprint density at radius 2 is 0.633 bits per heavy atom. The lowest BCUT2D eigenvalue weighted by Gasteiger charge is -2.20. The monoisotopic (exact) mass is 417 g/mol. The molecule has 0 heterocycles. The van der Waals surface area contributed by atoms with Gasteiger partial charge in [0.15, 0.2) is 23.0 Å². The zero-order valence-corrected chi connectivity index (χ0v) is 15.0. The molecule has 0 fully saturated rings. The highest BCUT2D eigenvalue weighted by molar-refractivity contribution is 6.36. The van der Waals surface area contributed by atoms with Crippen molar-refractivity contribution >= 4 is 38.0 Å². The van der Waals surface area contributed by atoms with Crippen LogP contribution in [0.3, 0.4) is 0 Å². The maximum Gasteiger partial charge on any atom is 0.204 e. The molecule has 0 unspecified atom stereocenters. The minimum atomic E-state index is -1.20. The fourth-order valence-corrected chi connectivity index (χ4v) is 3.75. The van der Waals surface area contributed by atoms with Gasteiger partial charge in [0.2, 0.25) is 23.0 Å². The van der Waals surface area contributed by atoms with Gasteiger partial charge >= 0.3 is 0 Å². The minimum absolute atomic E-state index is 0.168. The fourth-order valence-electron chi connectivity index (χ4n) is 3.75. The molecule has 30 heavy (non-hydrogen) atoms. The van der Waals surface area contributed by atoms with E-state index in [2.05, 4.69) is 0 Å². The standard InChI is InChI=1S/C19H15NO10/c1-2-10(21)4-3(9(20)11(2)22)5-7(14(25)18(29)16(27)12(5)23)8-6(4)13(24)17(28)19(30)15(8)26/h21-30H,20H2,1H3. The highest BCUT2D eigenvalue weighted by Crippen LogP contribution is 2.61. The van der Waals surface area contributed by atoms with Crippen molar-refractivity contribution in [3.05, 3.63) is 5.56 Å². The molecule has 0 saturated heterocycles. The van der Waals surface area contributed by atoms with Crippen LogP contribution < -0.4 is 5.73 Å². The van der Waals surface area contributed by atoms with E-state index in [1.807, 2.05) is 0 Å². The molecule has 11 nitrogen and oxygen atoms in total. The predicted octanol–water partition coefficient (Wildman–Crippen LogP) is 2.09. The van der Waals surface area contributed by atoms with Crippen molar-refractivity contribution in [2.45, 2.75) is 6.92 Å². The van der Waals surface area contributed by atoms with E-state index in [-0.39, 0.29) is 10.9 Å². The Bertz CT molecular complexity index is 1150. The first-order valence-electron chi connectivity index (χ1n) is 8.27. The maximum absolute atomic E-state index is 10.7. The third kappa shape index (κ3) is 1.87. The summed E-state index contributed by atoms with van der Waals surface area (Å²) in [4.78, 5) is 0. The third-order valence-electron chi connectivity index (χ3n) is 5.26. The number of nitrogen functional groups attached to an aromatic ring is 1. The Kier molecular flexibility index (Phi) is 3.45. The Hall–Kier alpha value is -4.54. The van der Waals surface area contributed by atoms with Gasteiger partial charge < -0.3 is 56.8 Å². The molecule has 0 aliphatic heterocycles. The quantitative estimate of drug-likeness (QED) is 0.0858. The smallest absolute Gasteiger partial charge is 0.204 e. The normalized spacial score (nSPS) is 11.6. The van der Waals surface area contributed by atoms with Crippen LogP contribution in [-0.4, -0.2) is 51.1 Å². The van der Waals surface area contributed by atoms with Crippen molar-refractivity contribution in [3.8, 4) is 57.5 Å². The van der Waals surface area contributed by atoms with E-state index in [9.17, 15) is 51.1 Å². The molecule has 11 heteroatoms. The summed E-state index contributed by atoms with van der Waals surface area (Å²) in [7, 11) is 0. The average Bonchev–Trinajstić information content (AvgIpc) is 2.73. The van der Waals surface area contributed by atoms with E-state index < -0.39 is 90.1 Å². The van der Waals surface area contributed by atoms with Gasteiger partial charge in [-0.1, -0.05) is 0 Å². The Labute approximate surface area is 165 Å². The molecule has 4 aromatic carbocycles. The first-order chi connectivity index (χ1) is 13.9. The zero-order chi connectivity index (χ0) is 22.4. The number of hydrogen-bond acceptors (Lipinski definition) is 11. The number of nitrogens with two attached hydrogens (primary N) is 1. The van der Waals surface area contributed by atoms with E-state index in [1.54, 1.807) is 0 Å². The number of fused-ring (bicyclic) bond motifs is 6. The SMILES string of the molecule is Cc1c(O)c(N)c2c(c1O)c1c(O)c(O)c(O)c(O)c1c1c(O)c(O)c(O)c(O)c21. The molecule has 156 valence electrons. The fraction of sp³-hybridized carbons (Fsp3) is 0.0526. The van der Waals surface area contributed by atoms with Crippen LogP contribution in [0.4, 0.5) is 5.69 Å². The molecule has 12 N–H and O–H groups in total. The molecule has 0 amide bonds. The molecule has 0 spiro atoms. The lowest BCUT2D eigenvalue weighted by Crippen LogP contribution is -1.96. The largest absolute Gasteiger partial charge is 0.507 e. The van der Waals surface area contributed by atoms with E-state index >= 15 is 0 Å². The molecule has 0 atom stereocenters. The van der Waals surface area contributed by atoms with Gasteiger partial charge in [0.05, 0.1) is 5.69 Å². The number of phenols is 10. The molecule has 0 radical (unpaired) electrons. The summed E-state index contributed by atoms with van der Waals surface area (Å²) in [5.74, 6) is -10.3. The number of phenolic OH excluding ortho intramolecular Hbond substituents is 10. The Morgan fingerprint density at radius 3 is 0.967 bits per heavy atom. The summed E-state index contributed by atoms with van der Waals surface area (Å²) in [5.41, 5.74) is 5.33. The van der Waals surface area contributed by atoms with Gasteiger partial charge in [-0.05, 0) is 6.92 Å². The van der Waals surface area contributed by atoms with Gasteiger partial charge in [0.1, 0.15) is 11.5 Å². The van der Waals surface area contributed by atoms with Crippen LogP contribution in [0.5, 0.6) is 57.5 Å². The molecular formula is C19H15NO10. The van der Waals surface area contributed by atoms with Crippen molar-refractivity contribution < 1.29 is 51.1 Å². The molecular weight excluding hydrogens is 402 g/mol. The van der Waals surface area contributed by atoms with Crippen LogP contribution in [0.2, 0.25) is 0 Å². The third-order valence-corrected chi connectivity index (χ3v) is 5.26. The minimum Gasteiger partial charge on any atom is -0.507 e. The summed E-state index contributed by atoms with van der Waals surface area (Å²) in [6.45, 7) is 1.26. The van der Waals surface area contributed by atoms with Crippen molar-refractivity contribution in [1.82, 2.24) is 0 Å². The van der Waals surface area contributed by atoms with Gasteiger partial charge in [-0.3, -0.25) is 0 Å². The van der Waals surface area contributed by atoms with E-state index in [0.717, 1.165) is 0 Å². The maximum atomic E-state index is 10.7. The number of benzene rings is 4. The molecule has 0 aliphatic carbocycles. The van der Waals surface area contributed by atoms with E-state index in [4.69, 9.17) is 5.73 Å². The van der Waals surface area contributed by atoms with Gasteiger partial charge in [0.25, 0.3) is 0 Å². The van der Waals surface area contributed by atoms with Crippen LogP contribution in [0.25, 0.3) is 32.3 Å². The van der Waals surface area contributed by atoms with Crippen molar-refractivity contribution in [1.29, 1.82) is 0 Å². The van der Waals surface area contributed by atoms with Gasteiger partial charge in [-0.25, -0.2) is 0 Å². The predicted molar refractivity (Wildman–Crippen MR) is 105 cm³/mol. The van der Waals surface area contributed by atoms with Gasteiger partial charge in [-0.2, -0.15) is 0 Å². The Morgan fingerprint density at radius 1 is 0.367 bits per heavy atom. The highest BCUT2D eigenvalue weighted by atomic mass is 16.4. The van der Waals surface area contributed by atoms with Crippen molar-refractivity contribution in [2.24, 2.45) is 0 Å². The Balaban J connectivity index is 2.66. The van der Waals surface area contributed by atoms with Gasteiger partial charge in [0, 0.05) is 37.9 Å². The number of anilines is 1.